The van der Waals surface area contributed by atoms with Crippen molar-refractivity contribution < 1.29 is 31.5 Å². The Hall–Kier alpha value is -1.90. The van der Waals surface area contributed by atoms with E-state index in [0.29, 0.717) is 17.7 Å². The van der Waals surface area contributed by atoms with Crippen LogP contribution in [0.3, 0.4) is 0 Å². The molecule has 0 aromatic heterocycles. The maximum Gasteiger partial charge on any atom is 0.334 e. The summed E-state index contributed by atoms with van der Waals surface area (Å²) in [7, 11) is -5.48. The molecule has 10 heteroatoms. The van der Waals surface area contributed by atoms with Crippen LogP contribution < -0.4 is 14.8 Å². The van der Waals surface area contributed by atoms with Crippen LogP contribution in [0.1, 0.15) is 70.5 Å². The SMILES string of the molecule is CCCC[C@]1(CC)CS(=O)(=O)c2cc(OCCP(=O)(OCC)OCC)c(OC)cc2[C@@H](c2ccccc2)N1. The van der Waals surface area contributed by atoms with Gasteiger partial charge in [-0.1, -0.05) is 57.0 Å². The van der Waals surface area contributed by atoms with Crippen LogP contribution in [0.5, 0.6) is 11.5 Å². The van der Waals surface area contributed by atoms with Crippen molar-refractivity contribution in [1.29, 1.82) is 0 Å². The van der Waals surface area contributed by atoms with E-state index in [1.807, 2.05) is 37.3 Å². The Morgan fingerprint density at radius 3 is 2.29 bits per heavy atom. The van der Waals surface area contributed by atoms with Gasteiger partial charge in [0, 0.05) is 11.6 Å². The van der Waals surface area contributed by atoms with Gasteiger partial charge in [-0.15, -0.1) is 0 Å². The van der Waals surface area contributed by atoms with Gasteiger partial charge < -0.3 is 18.5 Å². The molecule has 1 N–H and O–H groups in total. The average molecular weight is 568 g/mol. The number of fused-ring (bicyclic) bond motifs is 1. The van der Waals surface area contributed by atoms with E-state index in [0.717, 1.165) is 24.8 Å². The molecular formula is C28H42NO7PS. The lowest BCUT2D eigenvalue weighted by Crippen LogP contribution is -2.50. The van der Waals surface area contributed by atoms with Gasteiger partial charge in [0.05, 0.1) is 49.8 Å². The van der Waals surface area contributed by atoms with Gasteiger partial charge in [-0.05, 0) is 43.9 Å². The summed E-state index contributed by atoms with van der Waals surface area (Å²) in [5.41, 5.74) is 1.02. The number of nitrogens with one attached hydrogen (secondary N) is 1. The first-order chi connectivity index (χ1) is 18.2. The van der Waals surface area contributed by atoms with Crippen molar-refractivity contribution in [2.75, 3.05) is 38.8 Å². The highest BCUT2D eigenvalue weighted by atomic mass is 32.2. The van der Waals surface area contributed by atoms with E-state index in [1.165, 1.54) is 7.11 Å². The zero-order chi connectivity index (χ0) is 27.8. The molecule has 2 aromatic rings. The third kappa shape index (κ3) is 7.19. The van der Waals surface area contributed by atoms with E-state index < -0.39 is 23.0 Å². The van der Waals surface area contributed by atoms with Gasteiger partial charge in [0.15, 0.2) is 21.3 Å². The quantitative estimate of drug-likeness (QED) is 0.272. The predicted octanol–water partition coefficient (Wildman–Crippen LogP) is 6.15. The molecule has 0 fully saturated rings. The van der Waals surface area contributed by atoms with E-state index in [2.05, 4.69) is 12.2 Å². The molecule has 0 saturated carbocycles. The van der Waals surface area contributed by atoms with Crippen molar-refractivity contribution in [3.05, 3.63) is 53.6 Å². The first-order valence-corrected chi connectivity index (χ1v) is 16.8. The summed E-state index contributed by atoms with van der Waals surface area (Å²) < 4.78 is 63.1. The maximum atomic E-state index is 13.9. The third-order valence-electron chi connectivity index (χ3n) is 6.95. The van der Waals surface area contributed by atoms with Gasteiger partial charge in [0.2, 0.25) is 0 Å². The molecule has 1 aliphatic heterocycles. The zero-order valence-electron chi connectivity index (χ0n) is 23.2. The monoisotopic (exact) mass is 567 g/mol. The summed E-state index contributed by atoms with van der Waals surface area (Å²) in [4.78, 5) is 0.222. The molecule has 0 amide bonds. The minimum absolute atomic E-state index is 0.0114. The highest BCUT2D eigenvalue weighted by molar-refractivity contribution is 7.91. The second-order valence-electron chi connectivity index (χ2n) is 9.54. The zero-order valence-corrected chi connectivity index (χ0v) is 24.9. The third-order valence-corrected chi connectivity index (χ3v) is 10.9. The van der Waals surface area contributed by atoms with E-state index in [-0.39, 0.29) is 48.4 Å². The molecule has 8 nitrogen and oxygen atoms in total. The smallest absolute Gasteiger partial charge is 0.334 e. The lowest BCUT2D eigenvalue weighted by molar-refractivity contribution is 0.212. The summed E-state index contributed by atoms with van der Waals surface area (Å²) >= 11 is 0. The van der Waals surface area contributed by atoms with Crippen LogP contribution in [0.2, 0.25) is 0 Å². The highest BCUT2D eigenvalue weighted by Crippen LogP contribution is 2.48. The minimum atomic E-state index is -3.69. The lowest BCUT2D eigenvalue weighted by Gasteiger charge is -2.36. The van der Waals surface area contributed by atoms with Gasteiger partial charge in [-0.3, -0.25) is 9.88 Å². The van der Waals surface area contributed by atoms with Crippen molar-refractivity contribution in [3.63, 3.8) is 0 Å². The standard InChI is InChI=1S/C28H42NO7PS/c1-6-10-16-28(7-2)21-38(31,32)26-20-25(34-17-18-37(30,35-8-3)36-9-4)24(33-5)19-23(26)27(29-28)22-14-12-11-13-15-22/h11-15,19-20,27,29H,6-10,16-18,21H2,1-5H3/t27-,28-/m1/s1. The van der Waals surface area contributed by atoms with Gasteiger partial charge in [0.25, 0.3) is 0 Å². The fourth-order valence-electron chi connectivity index (χ4n) is 4.97. The first-order valence-electron chi connectivity index (χ1n) is 13.4. The molecule has 38 heavy (non-hydrogen) atoms. The second kappa shape index (κ2) is 13.4. The van der Waals surface area contributed by atoms with E-state index in [1.54, 1.807) is 26.0 Å². The van der Waals surface area contributed by atoms with Gasteiger partial charge >= 0.3 is 7.60 Å². The van der Waals surface area contributed by atoms with Crippen molar-refractivity contribution >= 4 is 17.4 Å². The van der Waals surface area contributed by atoms with Crippen molar-refractivity contribution in [1.82, 2.24) is 5.32 Å². The van der Waals surface area contributed by atoms with Gasteiger partial charge in [-0.25, -0.2) is 8.42 Å². The number of ether oxygens (including phenoxy) is 2. The van der Waals surface area contributed by atoms with Crippen LogP contribution in [-0.2, 0) is 23.4 Å². The molecule has 1 aliphatic rings. The number of unbranched alkanes of at least 4 members (excludes halogenated alkanes) is 1. The van der Waals surface area contributed by atoms with Crippen molar-refractivity contribution in [2.45, 2.75) is 69.9 Å². The van der Waals surface area contributed by atoms with Crippen LogP contribution in [0.4, 0.5) is 0 Å². The average Bonchev–Trinajstić information content (AvgIpc) is 3.00. The Labute approximate surface area is 227 Å². The Kier molecular flexibility index (Phi) is 10.8. The van der Waals surface area contributed by atoms with E-state index in [9.17, 15) is 13.0 Å². The number of rotatable bonds is 14. The number of hydrogen-bond acceptors (Lipinski definition) is 8. The van der Waals surface area contributed by atoms with E-state index in [4.69, 9.17) is 18.5 Å². The normalized spacial score (nSPS) is 20.9. The Bertz CT molecular complexity index is 1200. The summed E-state index contributed by atoms with van der Waals surface area (Å²) in [6.07, 6.45) is 3.36. The van der Waals surface area contributed by atoms with E-state index >= 15 is 0 Å². The largest absolute Gasteiger partial charge is 0.493 e. The number of sulfone groups is 1. The lowest BCUT2D eigenvalue weighted by atomic mass is 9.88. The molecule has 2 aromatic carbocycles. The van der Waals surface area contributed by atoms with Crippen molar-refractivity contribution in [3.8, 4) is 11.5 Å². The summed E-state index contributed by atoms with van der Waals surface area (Å²) in [6.45, 7) is 8.18. The van der Waals surface area contributed by atoms with Crippen LogP contribution in [0.15, 0.2) is 47.4 Å². The number of benzene rings is 2. The van der Waals surface area contributed by atoms with Crippen LogP contribution in [0, 0.1) is 0 Å². The molecular weight excluding hydrogens is 525 g/mol. The number of hydrogen-bond donors (Lipinski definition) is 1. The molecule has 0 unspecified atom stereocenters. The first kappa shape index (κ1) is 30.6. The van der Waals surface area contributed by atoms with Gasteiger partial charge in [-0.2, -0.15) is 0 Å². The molecule has 0 radical (unpaired) electrons. The fourth-order valence-corrected chi connectivity index (χ4v) is 8.54. The summed E-state index contributed by atoms with van der Waals surface area (Å²) in [5, 5.41) is 3.76. The summed E-state index contributed by atoms with van der Waals surface area (Å²) in [6, 6.07) is 12.8. The molecule has 0 spiro atoms. The van der Waals surface area contributed by atoms with Gasteiger partial charge in [0.1, 0.15) is 0 Å². The molecule has 1 heterocycles. The number of methoxy groups -OCH3 is 1. The van der Waals surface area contributed by atoms with Crippen LogP contribution >= 0.6 is 7.60 Å². The van der Waals surface area contributed by atoms with Crippen LogP contribution in [0.25, 0.3) is 0 Å². The molecule has 3 rings (SSSR count). The molecule has 0 saturated heterocycles. The second-order valence-corrected chi connectivity index (χ2v) is 13.7. The predicted molar refractivity (Wildman–Crippen MR) is 150 cm³/mol. The summed E-state index contributed by atoms with van der Waals surface area (Å²) in [5.74, 6) is 0.670. The minimum Gasteiger partial charge on any atom is -0.493 e. The molecule has 0 bridgehead atoms. The molecule has 0 aliphatic carbocycles. The Balaban J connectivity index is 2.07. The molecule has 2 atom stereocenters. The van der Waals surface area contributed by atoms with Crippen LogP contribution in [-0.4, -0.2) is 52.8 Å². The topological polar surface area (TPSA) is 100 Å². The highest BCUT2D eigenvalue weighted by Gasteiger charge is 2.42. The maximum absolute atomic E-state index is 13.9. The molecule has 212 valence electrons. The fraction of sp³-hybridized carbons (Fsp3) is 0.571. The Morgan fingerprint density at radius 1 is 1.03 bits per heavy atom. The van der Waals surface area contributed by atoms with Crippen molar-refractivity contribution in [2.24, 2.45) is 0 Å². The Morgan fingerprint density at radius 2 is 1.71 bits per heavy atom.